The summed E-state index contributed by atoms with van der Waals surface area (Å²) in [5.41, 5.74) is 8.03. The number of aromatic nitrogens is 1. The van der Waals surface area contributed by atoms with Crippen molar-refractivity contribution >= 4 is 11.5 Å². The van der Waals surface area contributed by atoms with Crippen LogP contribution in [0.25, 0.3) is 0 Å². The number of nitrogens with two attached hydrogens (primary N) is 1. The second-order valence-corrected chi connectivity index (χ2v) is 4.26. The van der Waals surface area contributed by atoms with Crippen LogP contribution in [0.5, 0.6) is 5.75 Å². The lowest BCUT2D eigenvalue weighted by atomic mass is 10.2. The van der Waals surface area contributed by atoms with E-state index >= 15 is 0 Å². The highest BCUT2D eigenvalue weighted by Gasteiger charge is 2.04. The van der Waals surface area contributed by atoms with Crippen LogP contribution in [0, 0.1) is 12.7 Å². The number of nitrogens with one attached hydrogen (secondary N) is 1. The van der Waals surface area contributed by atoms with Crippen LogP contribution in [0.4, 0.5) is 15.9 Å². The number of benzene rings is 1. The van der Waals surface area contributed by atoms with Gasteiger partial charge in [0.15, 0.2) is 11.6 Å². The summed E-state index contributed by atoms with van der Waals surface area (Å²) in [5, 5.41) is 3.15. The molecule has 1 aromatic heterocycles. The lowest BCUT2D eigenvalue weighted by Crippen LogP contribution is -2.04. The SMILES string of the molecule is COc1ccc(CNc2ncc(N)cc2C)cc1F. The van der Waals surface area contributed by atoms with Gasteiger partial charge in [-0.15, -0.1) is 0 Å². The second kappa shape index (κ2) is 5.56. The molecular weight excluding hydrogens is 245 g/mol. The number of methoxy groups -OCH3 is 1. The molecule has 100 valence electrons. The molecule has 2 rings (SSSR count). The van der Waals surface area contributed by atoms with Gasteiger partial charge < -0.3 is 15.8 Å². The third-order valence-corrected chi connectivity index (χ3v) is 2.78. The lowest BCUT2D eigenvalue weighted by Gasteiger charge is -2.10. The molecule has 0 bridgehead atoms. The molecule has 0 amide bonds. The molecule has 1 heterocycles. The molecule has 2 aromatic rings. The van der Waals surface area contributed by atoms with E-state index in [9.17, 15) is 4.39 Å². The van der Waals surface area contributed by atoms with Gasteiger partial charge in [0.05, 0.1) is 19.0 Å². The number of nitrogen functional groups attached to an aromatic ring is 1. The summed E-state index contributed by atoms with van der Waals surface area (Å²) in [4.78, 5) is 4.19. The van der Waals surface area contributed by atoms with E-state index < -0.39 is 0 Å². The molecule has 5 heteroatoms. The molecular formula is C14H16FN3O. The average molecular weight is 261 g/mol. The van der Waals surface area contributed by atoms with Crippen LogP contribution in [-0.4, -0.2) is 12.1 Å². The summed E-state index contributed by atoms with van der Waals surface area (Å²) in [5.74, 6) is 0.611. The van der Waals surface area contributed by atoms with Gasteiger partial charge in [-0.2, -0.15) is 0 Å². The molecule has 1 aromatic carbocycles. The van der Waals surface area contributed by atoms with Gasteiger partial charge in [0.2, 0.25) is 0 Å². The molecule has 0 unspecified atom stereocenters. The smallest absolute Gasteiger partial charge is 0.165 e. The maximum Gasteiger partial charge on any atom is 0.165 e. The highest BCUT2D eigenvalue weighted by atomic mass is 19.1. The summed E-state index contributed by atoms with van der Waals surface area (Å²) in [6.07, 6.45) is 1.59. The number of nitrogens with zero attached hydrogens (tertiary/aromatic N) is 1. The predicted molar refractivity (Wildman–Crippen MR) is 73.7 cm³/mol. The van der Waals surface area contributed by atoms with Gasteiger partial charge in [0, 0.05) is 6.54 Å². The maximum atomic E-state index is 13.5. The summed E-state index contributed by atoms with van der Waals surface area (Å²) >= 11 is 0. The van der Waals surface area contributed by atoms with Crippen molar-refractivity contribution in [1.29, 1.82) is 0 Å². The molecule has 0 radical (unpaired) electrons. The molecule has 0 aliphatic heterocycles. The van der Waals surface area contributed by atoms with Gasteiger partial charge in [-0.25, -0.2) is 9.37 Å². The van der Waals surface area contributed by atoms with Crippen molar-refractivity contribution in [3.63, 3.8) is 0 Å². The van der Waals surface area contributed by atoms with E-state index in [1.54, 1.807) is 12.3 Å². The van der Waals surface area contributed by atoms with Crippen LogP contribution in [0.15, 0.2) is 30.5 Å². The summed E-state index contributed by atoms with van der Waals surface area (Å²) in [6, 6.07) is 6.69. The third-order valence-electron chi connectivity index (χ3n) is 2.78. The van der Waals surface area contributed by atoms with Crippen molar-refractivity contribution < 1.29 is 9.13 Å². The number of halogens is 1. The van der Waals surface area contributed by atoms with Crippen molar-refractivity contribution in [3.05, 3.63) is 47.4 Å². The largest absolute Gasteiger partial charge is 0.494 e. The average Bonchev–Trinajstić information content (AvgIpc) is 2.38. The fourth-order valence-corrected chi connectivity index (χ4v) is 1.79. The summed E-state index contributed by atoms with van der Waals surface area (Å²) in [6.45, 7) is 2.40. The summed E-state index contributed by atoms with van der Waals surface area (Å²) < 4.78 is 18.4. The van der Waals surface area contributed by atoms with Crippen LogP contribution >= 0.6 is 0 Å². The highest BCUT2D eigenvalue weighted by molar-refractivity contribution is 5.51. The first-order valence-corrected chi connectivity index (χ1v) is 5.88. The molecule has 19 heavy (non-hydrogen) atoms. The maximum absolute atomic E-state index is 13.5. The van der Waals surface area contributed by atoms with Crippen molar-refractivity contribution in [2.75, 3.05) is 18.2 Å². The molecule has 0 atom stereocenters. The molecule has 0 aliphatic rings. The van der Waals surface area contributed by atoms with E-state index in [2.05, 4.69) is 10.3 Å². The summed E-state index contributed by atoms with van der Waals surface area (Å²) in [7, 11) is 1.44. The van der Waals surface area contributed by atoms with E-state index in [-0.39, 0.29) is 11.6 Å². The Labute approximate surface area is 111 Å². The van der Waals surface area contributed by atoms with Crippen molar-refractivity contribution in [1.82, 2.24) is 4.98 Å². The minimum Gasteiger partial charge on any atom is -0.494 e. The number of hydrogen-bond donors (Lipinski definition) is 2. The highest BCUT2D eigenvalue weighted by Crippen LogP contribution is 2.19. The molecule has 0 spiro atoms. The Hall–Kier alpha value is -2.30. The quantitative estimate of drug-likeness (QED) is 0.888. The van der Waals surface area contributed by atoms with Crippen LogP contribution in [0.3, 0.4) is 0 Å². The Morgan fingerprint density at radius 3 is 2.79 bits per heavy atom. The number of rotatable bonds is 4. The predicted octanol–water partition coefficient (Wildman–Crippen LogP) is 2.73. The van der Waals surface area contributed by atoms with Crippen molar-refractivity contribution in [2.45, 2.75) is 13.5 Å². The van der Waals surface area contributed by atoms with Crippen LogP contribution < -0.4 is 15.8 Å². The monoisotopic (exact) mass is 261 g/mol. The molecule has 0 saturated carbocycles. The van der Waals surface area contributed by atoms with Gasteiger partial charge in [0.1, 0.15) is 5.82 Å². The van der Waals surface area contributed by atoms with Gasteiger partial charge in [-0.3, -0.25) is 0 Å². The van der Waals surface area contributed by atoms with Crippen LogP contribution in [-0.2, 0) is 6.54 Å². The third kappa shape index (κ3) is 3.13. The Morgan fingerprint density at radius 2 is 2.16 bits per heavy atom. The zero-order valence-electron chi connectivity index (χ0n) is 10.9. The van der Waals surface area contributed by atoms with E-state index in [4.69, 9.17) is 10.5 Å². The first-order valence-electron chi connectivity index (χ1n) is 5.88. The Morgan fingerprint density at radius 1 is 1.37 bits per heavy atom. The normalized spacial score (nSPS) is 10.3. The fraction of sp³-hybridized carbons (Fsp3) is 0.214. The minimum absolute atomic E-state index is 0.241. The van der Waals surface area contributed by atoms with E-state index in [1.165, 1.54) is 13.2 Å². The Balaban J connectivity index is 2.08. The lowest BCUT2D eigenvalue weighted by molar-refractivity contribution is 0.386. The van der Waals surface area contributed by atoms with E-state index in [0.29, 0.717) is 12.2 Å². The van der Waals surface area contributed by atoms with Crippen molar-refractivity contribution in [3.8, 4) is 5.75 Å². The van der Waals surface area contributed by atoms with Crippen molar-refractivity contribution in [2.24, 2.45) is 0 Å². The first kappa shape index (κ1) is 13.1. The van der Waals surface area contributed by atoms with Gasteiger partial charge >= 0.3 is 0 Å². The van der Waals surface area contributed by atoms with E-state index in [1.807, 2.05) is 19.1 Å². The Bertz CT molecular complexity index is 587. The number of ether oxygens (including phenoxy) is 1. The topological polar surface area (TPSA) is 60.2 Å². The van der Waals surface area contributed by atoms with Crippen LogP contribution in [0.2, 0.25) is 0 Å². The molecule has 0 saturated heterocycles. The molecule has 3 N–H and O–H groups in total. The van der Waals surface area contributed by atoms with Gasteiger partial charge in [-0.05, 0) is 36.2 Å². The van der Waals surface area contributed by atoms with Gasteiger partial charge in [0.25, 0.3) is 0 Å². The second-order valence-electron chi connectivity index (χ2n) is 4.26. The number of hydrogen-bond acceptors (Lipinski definition) is 4. The zero-order chi connectivity index (χ0) is 13.8. The van der Waals surface area contributed by atoms with Gasteiger partial charge in [-0.1, -0.05) is 6.07 Å². The Kier molecular flexibility index (Phi) is 3.85. The van der Waals surface area contributed by atoms with Crippen LogP contribution in [0.1, 0.15) is 11.1 Å². The standard InChI is InChI=1S/C14H16FN3O/c1-9-5-11(16)8-18-14(9)17-7-10-3-4-13(19-2)12(15)6-10/h3-6,8H,7,16H2,1-2H3,(H,17,18). The molecule has 4 nitrogen and oxygen atoms in total. The number of aryl methyl sites for hydroxylation is 1. The first-order chi connectivity index (χ1) is 9.10. The number of pyridine rings is 1. The minimum atomic E-state index is -0.371. The zero-order valence-corrected chi connectivity index (χ0v) is 10.9. The molecule has 0 fully saturated rings. The fourth-order valence-electron chi connectivity index (χ4n) is 1.79. The van der Waals surface area contributed by atoms with E-state index in [0.717, 1.165) is 16.9 Å². The number of anilines is 2. The molecule has 0 aliphatic carbocycles.